The van der Waals surface area contributed by atoms with Crippen LogP contribution in [-0.2, 0) is 0 Å². The zero-order valence-corrected chi connectivity index (χ0v) is 10.3. The first kappa shape index (κ1) is 13.0. The fourth-order valence-electron chi connectivity index (χ4n) is 1.57. The van der Waals surface area contributed by atoms with Crippen molar-refractivity contribution in [1.82, 2.24) is 4.98 Å². The van der Waals surface area contributed by atoms with Crippen molar-refractivity contribution in [2.24, 2.45) is 5.84 Å². The minimum Gasteiger partial charge on any atom is -0.324 e. The van der Waals surface area contributed by atoms with Crippen LogP contribution in [0.15, 0.2) is 36.5 Å². The molecule has 6 heteroatoms. The Labute approximate surface area is 109 Å². The summed E-state index contributed by atoms with van der Waals surface area (Å²) < 4.78 is 13.5. The maximum Gasteiger partial charge on any atom is 0.274 e. The molecule has 0 spiro atoms. The fourth-order valence-corrected chi connectivity index (χ4v) is 1.57. The number of carbonyl (C=O) groups excluding carboxylic acids is 1. The number of benzene rings is 1. The molecule has 5 nitrogen and oxygen atoms in total. The number of halogens is 1. The van der Waals surface area contributed by atoms with Crippen molar-refractivity contribution in [3.63, 3.8) is 0 Å². The lowest BCUT2D eigenvalue weighted by Crippen LogP contribution is -2.16. The molecule has 0 bridgehead atoms. The molecule has 0 saturated heterocycles. The second-order valence-corrected chi connectivity index (χ2v) is 4.01. The standard InChI is InChI=1S/C13H13FN4O/c1-8-2-3-10(14)11(6-8)17-13(19)12-7-9(18-15)4-5-16-12/h2-7H,15H2,1H3,(H,16,18)(H,17,19). The normalized spacial score (nSPS) is 10.1. The first-order chi connectivity index (χ1) is 9.10. The molecule has 0 aliphatic heterocycles. The number of pyridine rings is 1. The maximum absolute atomic E-state index is 13.5. The summed E-state index contributed by atoms with van der Waals surface area (Å²) in [4.78, 5) is 15.8. The number of anilines is 2. The average molecular weight is 260 g/mol. The van der Waals surface area contributed by atoms with Crippen molar-refractivity contribution in [3.8, 4) is 0 Å². The number of hydrogen-bond donors (Lipinski definition) is 3. The predicted octanol–water partition coefficient (Wildman–Crippen LogP) is 2.07. The summed E-state index contributed by atoms with van der Waals surface area (Å²) in [5, 5.41) is 2.47. The third-order valence-corrected chi connectivity index (χ3v) is 2.53. The Hall–Kier alpha value is -2.47. The lowest BCUT2D eigenvalue weighted by molar-refractivity contribution is 0.102. The summed E-state index contributed by atoms with van der Waals surface area (Å²) in [6, 6.07) is 7.57. The molecule has 0 aliphatic rings. The van der Waals surface area contributed by atoms with Gasteiger partial charge in [0, 0.05) is 6.20 Å². The number of nitrogens with one attached hydrogen (secondary N) is 2. The van der Waals surface area contributed by atoms with Gasteiger partial charge < -0.3 is 10.7 Å². The van der Waals surface area contributed by atoms with Gasteiger partial charge in [-0.05, 0) is 36.8 Å². The van der Waals surface area contributed by atoms with Gasteiger partial charge in [0.05, 0.1) is 11.4 Å². The Balaban J connectivity index is 2.22. The Morgan fingerprint density at radius 2 is 2.11 bits per heavy atom. The molecular formula is C13H13FN4O. The molecule has 2 rings (SSSR count). The van der Waals surface area contributed by atoms with E-state index in [1.807, 2.05) is 6.92 Å². The molecule has 0 fully saturated rings. The topological polar surface area (TPSA) is 80.0 Å². The van der Waals surface area contributed by atoms with Crippen molar-refractivity contribution in [1.29, 1.82) is 0 Å². The highest BCUT2D eigenvalue weighted by Gasteiger charge is 2.11. The van der Waals surface area contributed by atoms with Crippen LogP contribution >= 0.6 is 0 Å². The molecule has 4 N–H and O–H groups in total. The SMILES string of the molecule is Cc1ccc(F)c(NC(=O)c2cc(NN)ccn2)c1. The minimum absolute atomic E-state index is 0.123. The lowest BCUT2D eigenvalue weighted by Gasteiger charge is -2.07. The van der Waals surface area contributed by atoms with E-state index in [2.05, 4.69) is 15.7 Å². The molecule has 0 radical (unpaired) electrons. The third kappa shape index (κ3) is 3.05. The van der Waals surface area contributed by atoms with Crippen LogP contribution in [0.2, 0.25) is 0 Å². The molecule has 2 aromatic rings. The van der Waals surface area contributed by atoms with Crippen LogP contribution in [-0.4, -0.2) is 10.9 Å². The van der Waals surface area contributed by atoms with Gasteiger partial charge in [0.1, 0.15) is 11.5 Å². The molecule has 0 unspecified atom stereocenters. The smallest absolute Gasteiger partial charge is 0.274 e. The first-order valence-corrected chi connectivity index (χ1v) is 5.60. The van der Waals surface area contributed by atoms with Gasteiger partial charge in [-0.2, -0.15) is 0 Å². The average Bonchev–Trinajstić information content (AvgIpc) is 2.43. The number of nitrogens with two attached hydrogens (primary N) is 1. The molecule has 0 aliphatic carbocycles. The molecule has 1 aromatic heterocycles. The molecule has 0 saturated carbocycles. The van der Waals surface area contributed by atoms with Gasteiger partial charge in [-0.1, -0.05) is 6.07 Å². The number of aromatic nitrogens is 1. The quantitative estimate of drug-likeness (QED) is 0.583. The summed E-state index contributed by atoms with van der Waals surface area (Å²) in [5.74, 6) is 4.25. The van der Waals surface area contributed by atoms with Crippen molar-refractivity contribution >= 4 is 17.3 Å². The van der Waals surface area contributed by atoms with Gasteiger partial charge in [0.15, 0.2) is 0 Å². The van der Waals surface area contributed by atoms with Crippen molar-refractivity contribution in [2.45, 2.75) is 6.92 Å². The lowest BCUT2D eigenvalue weighted by atomic mass is 10.2. The highest BCUT2D eigenvalue weighted by Crippen LogP contribution is 2.17. The van der Waals surface area contributed by atoms with Crippen LogP contribution in [0, 0.1) is 12.7 Å². The zero-order valence-electron chi connectivity index (χ0n) is 10.3. The van der Waals surface area contributed by atoms with E-state index in [9.17, 15) is 9.18 Å². The first-order valence-electron chi connectivity index (χ1n) is 5.60. The van der Waals surface area contributed by atoms with Gasteiger partial charge >= 0.3 is 0 Å². The van der Waals surface area contributed by atoms with Gasteiger partial charge in [0.2, 0.25) is 0 Å². The summed E-state index contributed by atoms with van der Waals surface area (Å²) >= 11 is 0. The van der Waals surface area contributed by atoms with Crippen molar-refractivity contribution < 1.29 is 9.18 Å². The Morgan fingerprint density at radius 1 is 1.32 bits per heavy atom. The highest BCUT2D eigenvalue weighted by molar-refractivity contribution is 6.03. The highest BCUT2D eigenvalue weighted by atomic mass is 19.1. The van der Waals surface area contributed by atoms with Crippen LogP contribution in [0.25, 0.3) is 0 Å². The molecule has 1 aromatic carbocycles. The fraction of sp³-hybridized carbons (Fsp3) is 0.0769. The summed E-state index contributed by atoms with van der Waals surface area (Å²) in [6.45, 7) is 1.81. The number of hydrazine groups is 1. The van der Waals surface area contributed by atoms with Crippen molar-refractivity contribution in [3.05, 3.63) is 53.6 Å². The van der Waals surface area contributed by atoms with Gasteiger partial charge in [-0.15, -0.1) is 0 Å². The Bertz CT molecular complexity index is 615. The van der Waals surface area contributed by atoms with E-state index in [-0.39, 0.29) is 11.4 Å². The third-order valence-electron chi connectivity index (χ3n) is 2.53. The number of carbonyl (C=O) groups is 1. The second kappa shape index (κ2) is 5.45. The van der Waals surface area contributed by atoms with Gasteiger partial charge in [0.25, 0.3) is 5.91 Å². The second-order valence-electron chi connectivity index (χ2n) is 4.01. The Morgan fingerprint density at radius 3 is 2.84 bits per heavy atom. The summed E-state index contributed by atoms with van der Waals surface area (Å²) in [6.07, 6.45) is 1.44. The van der Waals surface area contributed by atoms with Crippen molar-refractivity contribution in [2.75, 3.05) is 10.7 Å². The van der Waals surface area contributed by atoms with E-state index >= 15 is 0 Å². The van der Waals surface area contributed by atoms with E-state index in [1.54, 1.807) is 18.2 Å². The predicted molar refractivity (Wildman–Crippen MR) is 71.1 cm³/mol. The number of rotatable bonds is 3. The number of nitrogen functional groups attached to an aromatic ring is 1. The van der Waals surface area contributed by atoms with E-state index in [0.29, 0.717) is 5.69 Å². The Kier molecular flexibility index (Phi) is 3.72. The van der Waals surface area contributed by atoms with Crippen LogP contribution in [0.3, 0.4) is 0 Å². The summed E-state index contributed by atoms with van der Waals surface area (Å²) in [5.41, 5.74) is 4.08. The van der Waals surface area contributed by atoms with Crippen LogP contribution < -0.4 is 16.6 Å². The molecule has 19 heavy (non-hydrogen) atoms. The summed E-state index contributed by atoms with van der Waals surface area (Å²) in [7, 11) is 0. The monoisotopic (exact) mass is 260 g/mol. The number of nitrogens with zero attached hydrogens (tertiary/aromatic N) is 1. The molecule has 1 amide bonds. The molecule has 1 heterocycles. The van der Waals surface area contributed by atoms with Gasteiger partial charge in [-0.25, -0.2) is 4.39 Å². The van der Waals surface area contributed by atoms with E-state index in [4.69, 9.17) is 5.84 Å². The van der Waals surface area contributed by atoms with Gasteiger partial charge in [-0.3, -0.25) is 15.6 Å². The minimum atomic E-state index is -0.499. The number of aryl methyl sites for hydroxylation is 1. The molecule has 98 valence electrons. The zero-order chi connectivity index (χ0) is 13.8. The van der Waals surface area contributed by atoms with Crippen LogP contribution in [0.4, 0.5) is 15.8 Å². The van der Waals surface area contributed by atoms with E-state index in [1.165, 1.54) is 18.3 Å². The van der Waals surface area contributed by atoms with Crippen LogP contribution in [0.1, 0.15) is 16.1 Å². The maximum atomic E-state index is 13.5. The molecular weight excluding hydrogens is 247 g/mol. The van der Waals surface area contributed by atoms with E-state index in [0.717, 1.165) is 5.56 Å². The molecule has 0 atom stereocenters. The number of hydrogen-bond acceptors (Lipinski definition) is 4. The number of amides is 1. The largest absolute Gasteiger partial charge is 0.324 e. The van der Waals surface area contributed by atoms with Crippen LogP contribution in [0.5, 0.6) is 0 Å². The van der Waals surface area contributed by atoms with E-state index < -0.39 is 11.7 Å².